The number of nitrogens with zero attached hydrogens (tertiary/aromatic N) is 1. The smallest absolute Gasteiger partial charge is 0.286 e. The van der Waals surface area contributed by atoms with Gasteiger partial charge in [0, 0.05) is 25.6 Å². The Morgan fingerprint density at radius 2 is 1.45 bits per heavy atom. The minimum absolute atomic E-state index is 0.175. The van der Waals surface area contributed by atoms with Crippen molar-refractivity contribution in [3.05, 3.63) is 161 Å². The van der Waals surface area contributed by atoms with Gasteiger partial charge in [-0.05, 0) is 65.1 Å². The van der Waals surface area contributed by atoms with Crippen molar-refractivity contribution >= 4 is 5.91 Å². The van der Waals surface area contributed by atoms with Crippen molar-refractivity contribution in [1.82, 2.24) is 10.2 Å². The van der Waals surface area contributed by atoms with Crippen molar-refractivity contribution in [2.24, 2.45) is 0 Å². The molecule has 0 radical (unpaired) electrons. The van der Waals surface area contributed by atoms with Gasteiger partial charge < -0.3 is 14.5 Å². The summed E-state index contributed by atoms with van der Waals surface area (Å²) in [5.41, 5.74) is 4.38. The molecule has 5 nitrogen and oxygen atoms in total. The minimum atomic E-state index is -0.268. The van der Waals surface area contributed by atoms with E-state index in [-0.39, 0.29) is 23.4 Å². The van der Waals surface area contributed by atoms with E-state index < -0.39 is 0 Å². The average molecular weight is 563 g/mol. The van der Waals surface area contributed by atoms with E-state index in [1.165, 1.54) is 17.2 Å². The van der Waals surface area contributed by atoms with Gasteiger partial charge in [-0.2, -0.15) is 0 Å². The lowest BCUT2D eigenvalue weighted by Gasteiger charge is -2.22. The second-order valence-corrected chi connectivity index (χ2v) is 10.3. The number of carbonyl (C=O) groups excluding carboxylic acids is 1. The zero-order valence-corrected chi connectivity index (χ0v) is 23.7. The fourth-order valence-corrected chi connectivity index (χ4v) is 5.17. The highest BCUT2D eigenvalue weighted by molar-refractivity contribution is 5.91. The van der Waals surface area contributed by atoms with Gasteiger partial charge in [-0.25, -0.2) is 4.39 Å². The zero-order chi connectivity index (χ0) is 29.1. The molecule has 0 saturated heterocycles. The predicted molar refractivity (Wildman–Crippen MR) is 163 cm³/mol. The summed E-state index contributed by atoms with van der Waals surface area (Å²) in [4.78, 5) is 15.2. The average Bonchev–Trinajstić information content (AvgIpc) is 3.49. The SMILES string of the molecule is COc1ccc(CN(Cc2cccc(F)c2)Cc2ccc(C(=O)NCCC(c3ccccc3)c3ccccc3)o2)cc1. The molecule has 0 aliphatic carbocycles. The molecule has 5 rings (SSSR count). The summed E-state index contributed by atoms with van der Waals surface area (Å²) in [6.07, 6.45) is 0.761. The first-order chi connectivity index (χ1) is 20.6. The van der Waals surface area contributed by atoms with Gasteiger partial charge in [0.2, 0.25) is 0 Å². The van der Waals surface area contributed by atoms with E-state index in [1.807, 2.05) is 72.8 Å². The van der Waals surface area contributed by atoms with Crippen LogP contribution in [-0.2, 0) is 19.6 Å². The van der Waals surface area contributed by atoms with Crippen LogP contribution in [0.1, 0.15) is 50.9 Å². The second kappa shape index (κ2) is 14.3. The molecule has 0 saturated carbocycles. The van der Waals surface area contributed by atoms with Crippen molar-refractivity contribution in [3.8, 4) is 5.75 Å². The second-order valence-electron chi connectivity index (χ2n) is 10.3. The summed E-state index contributed by atoms with van der Waals surface area (Å²) >= 11 is 0. The molecule has 0 unspecified atom stereocenters. The Morgan fingerprint density at radius 1 is 0.786 bits per heavy atom. The molecule has 0 bridgehead atoms. The van der Waals surface area contributed by atoms with Gasteiger partial charge in [-0.3, -0.25) is 9.69 Å². The van der Waals surface area contributed by atoms with E-state index in [2.05, 4.69) is 34.5 Å². The van der Waals surface area contributed by atoms with Gasteiger partial charge in [0.1, 0.15) is 17.3 Å². The van der Waals surface area contributed by atoms with Crippen LogP contribution < -0.4 is 10.1 Å². The number of ether oxygens (including phenoxy) is 1. The lowest BCUT2D eigenvalue weighted by molar-refractivity contribution is 0.0920. The first-order valence-electron chi connectivity index (χ1n) is 14.1. The van der Waals surface area contributed by atoms with E-state index >= 15 is 0 Å². The molecule has 214 valence electrons. The quantitative estimate of drug-likeness (QED) is 0.161. The highest BCUT2D eigenvalue weighted by atomic mass is 19.1. The molecule has 0 fully saturated rings. The molecule has 0 aliphatic heterocycles. The third kappa shape index (κ3) is 7.95. The maximum Gasteiger partial charge on any atom is 0.286 e. The third-order valence-electron chi connectivity index (χ3n) is 7.25. The highest BCUT2D eigenvalue weighted by Gasteiger charge is 2.17. The Hall–Kier alpha value is -4.68. The van der Waals surface area contributed by atoms with Gasteiger partial charge in [0.05, 0.1) is 13.7 Å². The summed E-state index contributed by atoms with van der Waals surface area (Å²) in [5.74, 6) is 1.39. The number of halogens is 1. The van der Waals surface area contributed by atoms with Crippen molar-refractivity contribution in [2.75, 3.05) is 13.7 Å². The van der Waals surface area contributed by atoms with Gasteiger partial charge >= 0.3 is 0 Å². The van der Waals surface area contributed by atoms with Crippen molar-refractivity contribution in [2.45, 2.75) is 32.0 Å². The van der Waals surface area contributed by atoms with Gasteiger partial charge in [-0.15, -0.1) is 0 Å². The molecule has 4 aromatic carbocycles. The normalized spacial score (nSPS) is 11.1. The van der Waals surface area contributed by atoms with Crippen LogP contribution in [0.5, 0.6) is 5.75 Å². The summed E-state index contributed by atoms with van der Waals surface area (Å²) in [6.45, 7) is 2.10. The first-order valence-corrected chi connectivity index (χ1v) is 14.1. The van der Waals surface area contributed by atoms with Crippen LogP contribution in [0.25, 0.3) is 0 Å². The van der Waals surface area contributed by atoms with Gasteiger partial charge in [-0.1, -0.05) is 84.9 Å². The Kier molecular flexibility index (Phi) is 9.81. The summed E-state index contributed by atoms with van der Waals surface area (Å²) < 4.78 is 25.2. The van der Waals surface area contributed by atoms with Gasteiger partial charge in [0.25, 0.3) is 5.91 Å². The molecule has 0 aliphatic rings. The van der Waals surface area contributed by atoms with Crippen LogP contribution in [0.2, 0.25) is 0 Å². The number of rotatable bonds is 13. The monoisotopic (exact) mass is 562 g/mol. The number of nitrogens with one attached hydrogen (secondary N) is 1. The molecular formula is C36H35FN2O3. The van der Waals surface area contributed by atoms with Crippen LogP contribution in [0, 0.1) is 5.82 Å². The number of hydrogen-bond acceptors (Lipinski definition) is 4. The molecule has 42 heavy (non-hydrogen) atoms. The largest absolute Gasteiger partial charge is 0.497 e. The Bertz CT molecular complexity index is 1510. The third-order valence-corrected chi connectivity index (χ3v) is 7.25. The van der Waals surface area contributed by atoms with Crippen molar-refractivity contribution < 1.29 is 18.3 Å². The number of carbonyl (C=O) groups is 1. The molecule has 1 N–H and O–H groups in total. The molecular weight excluding hydrogens is 527 g/mol. The fourth-order valence-electron chi connectivity index (χ4n) is 5.17. The molecule has 5 aromatic rings. The number of hydrogen-bond donors (Lipinski definition) is 1. The van der Waals surface area contributed by atoms with Crippen LogP contribution in [0.3, 0.4) is 0 Å². The first kappa shape index (κ1) is 28.8. The number of amides is 1. The molecule has 0 spiro atoms. The Morgan fingerprint density at radius 3 is 2.10 bits per heavy atom. The zero-order valence-electron chi connectivity index (χ0n) is 23.7. The standard InChI is InChI=1S/C36H35FN2O3/c1-41-32-17-15-27(16-18-32)24-39(25-28-9-8-14-31(37)23-28)26-33-19-20-35(42-33)36(40)38-22-21-34(29-10-4-2-5-11-29)30-12-6-3-7-13-30/h2-20,23,34H,21-22,24-26H2,1H3,(H,38,40). The lowest BCUT2D eigenvalue weighted by atomic mass is 9.88. The van der Waals surface area contributed by atoms with E-state index in [0.29, 0.717) is 31.9 Å². The van der Waals surface area contributed by atoms with Crippen molar-refractivity contribution in [1.29, 1.82) is 0 Å². The van der Waals surface area contributed by atoms with E-state index in [1.54, 1.807) is 25.3 Å². The fraction of sp³-hybridized carbons (Fsp3) is 0.194. The molecule has 6 heteroatoms. The maximum atomic E-state index is 13.9. The lowest BCUT2D eigenvalue weighted by Crippen LogP contribution is -2.25. The molecule has 1 amide bonds. The van der Waals surface area contributed by atoms with E-state index in [9.17, 15) is 9.18 Å². The molecule has 1 aromatic heterocycles. The number of furan rings is 1. The molecule has 1 heterocycles. The summed E-state index contributed by atoms with van der Waals surface area (Å²) in [5, 5.41) is 3.03. The van der Waals surface area contributed by atoms with Crippen LogP contribution in [0.4, 0.5) is 4.39 Å². The Balaban J connectivity index is 1.23. The predicted octanol–water partition coefficient (Wildman–Crippen LogP) is 7.58. The van der Waals surface area contributed by atoms with Crippen molar-refractivity contribution in [3.63, 3.8) is 0 Å². The molecule has 0 atom stereocenters. The van der Waals surface area contributed by atoms with E-state index in [0.717, 1.165) is 23.3 Å². The van der Waals surface area contributed by atoms with Crippen LogP contribution >= 0.6 is 0 Å². The number of benzene rings is 4. The summed E-state index contributed by atoms with van der Waals surface area (Å²) in [7, 11) is 1.64. The topological polar surface area (TPSA) is 54.7 Å². The summed E-state index contributed by atoms with van der Waals surface area (Å²) in [6, 6.07) is 38.7. The maximum absolute atomic E-state index is 13.9. The minimum Gasteiger partial charge on any atom is -0.497 e. The van der Waals surface area contributed by atoms with Crippen LogP contribution in [0.15, 0.2) is 126 Å². The Labute approximate surface area is 246 Å². The highest BCUT2D eigenvalue weighted by Crippen LogP contribution is 2.27. The number of methoxy groups -OCH3 is 1. The van der Waals surface area contributed by atoms with Gasteiger partial charge in [0.15, 0.2) is 5.76 Å². The van der Waals surface area contributed by atoms with E-state index in [4.69, 9.17) is 9.15 Å². The van der Waals surface area contributed by atoms with Crippen LogP contribution in [-0.4, -0.2) is 24.5 Å².